The Hall–Kier alpha value is -1.97. The van der Waals surface area contributed by atoms with Crippen LogP contribution in [0.3, 0.4) is 0 Å². The van der Waals surface area contributed by atoms with Gasteiger partial charge in [0.1, 0.15) is 0 Å². The van der Waals surface area contributed by atoms with Crippen molar-refractivity contribution in [2.75, 3.05) is 11.5 Å². The van der Waals surface area contributed by atoms with Crippen LogP contribution < -0.4 is 11.5 Å². The van der Waals surface area contributed by atoms with Crippen molar-refractivity contribution in [3.8, 4) is 11.3 Å². The number of H-pyrrole nitrogens is 1. The highest BCUT2D eigenvalue weighted by atomic mass is 14.9. The largest absolute Gasteiger partial charge is 0.397 e. The average Bonchev–Trinajstić information content (AvgIpc) is 2.62. The van der Waals surface area contributed by atoms with Crippen LogP contribution in [0.2, 0.25) is 0 Å². The Morgan fingerprint density at radius 1 is 1.23 bits per heavy atom. The van der Waals surface area contributed by atoms with Gasteiger partial charge in [0.2, 0.25) is 0 Å². The van der Waals surface area contributed by atoms with E-state index in [1.54, 1.807) is 18.6 Å². The number of benzene rings is 1. The van der Waals surface area contributed by atoms with Gasteiger partial charge in [0.05, 0.1) is 23.4 Å². The molecule has 1 aromatic carbocycles. The lowest BCUT2D eigenvalue weighted by atomic mass is 10.1. The molecule has 0 amide bonds. The first-order chi connectivity index (χ1) is 6.29. The van der Waals surface area contributed by atoms with Gasteiger partial charge in [-0.25, -0.2) is 4.98 Å². The van der Waals surface area contributed by atoms with Gasteiger partial charge in [-0.2, -0.15) is 0 Å². The van der Waals surface area contributed by atoms with Crippen molar-refractivity contribution in [1.82, 2.24) is 9.97 Å². The number of anilines is 2. The van der Waals surface area contributed by atoms with Gasteiger partial charge in [-0.1, -0.05) is 12.1 Å². The minimum Gasteiger partial charge on any atom is -0.397 e. The normalized spacial score (nSPS) is 10.2. The molecule has 2 aromatic rings. The summed E-state index contributed by atoms with van der Waals surface area (Å²) in [5, 5.41) is 0. The van der Waals surface area contributed by atoms with Gasteiger partial charge in [0.25, 0.3) is 0 Å². The van der Waals surface area contributed by atoms with E-state index >= 15 is 0 Å². The summed E-state index contributed by atoms with van der Waals surface area (Å²) < 4.78 is 0. The number of aromatic nitrogens is 2. The van der Waals surface area contributed by atoms with Gasteiger partial charge in [-0.15, -0.1) is 0 Å². The van der Waals surface area contributed by atoms with Crippen molar-refractivity contribution in [1.29, 1.82) is 0 Å². The lowest BCUT2D eigenvalue weighted by Crippen LogP contribution is -1.96. The van der Waals surface area contributed by atoms with Gasteiger partial charge in [-0.05, 0) is 6.07 Å². The SMILES string of the molecule is Nc1cccc(-c2c[nH]cn2)c1N. The van der Waals surface area contributed by atoms with Crippen molar-refractivity contribution in [2.24, 2.45) is 0 Å². The summed E-state index contributed by atoms with van der Waals surface area (Å²) in [6, 6.07) is 5.52. The summed E-state index contributed by atoms with van der Waals surface area (Å²) in [5.41, 5.74) is 14.3. The first-order valence-corrected chi connectivity index (χ1v) is 3.92. The first-order valence-electron chi connectivity index (χ1n) is 3.92. The Morgan fingerprint density at radius 2 is 2.08 bits per heavy atom. The second-order valence-corrected chi connectivity index (χ2v) is 2.76. The molecule has 4 nitrogen and oxygen atoms in total. The molecule has 13 heavy (non-hydrogen) atoms. The molecule has 0 spiro atoms. The number of aromatic amines is 1. The van der Waals surface area contributed by atoms with E-state index in [9.17, 15) is 0 Å². The van der Waals surface area contributed by atoms with Gasteiger partial charge in [0.15, 0.2) is 0 Å². The highest BCUT2D eigenvalue weighted by Crippen LogP contribution is 2.27. The maximum Gasteiger partial charge on any atom is 0.0927 e. The smallest absolute Gasteiger partial charge is 0.0927 e. The number of para-hydroxylation sites is 1. The van der Waals surface area contributed by atoms with Crippen molar-refractivity contribution >= 4 is 11.4 Å². The zero-order chi connectivity index (χ0) is 9.26. The number of nitrogens with zero attached hydrogens (tertiary/aromatic N) is 1. The van der Waals surface area contributed by atoms with Gasteiger partial charge in [0, 0.05) is 11.8 Å². The zero-order valence-corrected chi connectivity index (χ0v) is 6.99. The van der Waals surface area contributed by atoms with Crippen LogP contribution in [0.1, 0.15) is 0 Å². The predicted molar refractivity (Wildman–Crippen MR) is 52.8 cm³/mol. The molecular weight excluding hydrogens is 164 g/mol. The molecule has 0 bridgehead atoms. The van der Waals surface area contributed by atoms with Crippen LogP contribution in [-0.4, -0.2) is 9.97 Å². The van der Waals surface area contributed by atoms with E-state index < -0.39 is 0 Å². The van der Waals surface area contributed by atoms with Gasteiger partial charge < -0.3 is 16.5 Å². The number of hydrogen-bond donors (Lipinski definition) is 3. The minimum absolute atomic E-state index is 0.578. The summed E-state index contributed by atoms with van der Waals surface area (Å²) in [6.07, 6.45) is 3.39. The fourth-order valence-corrected chi connectivity index (χ4v) is 1.21. The van der Waals surface area contributed by atoms with E-state index in [0.29, 0.717) is 11.4 Å². The molecule has 0 atom stereocenters. The highest BCUT2D eigenvalue weighted by molar-refractivity contribution is 5.82. The van der Waals surface area contributed by atoms with Crippen LogP contribution in [0.5, 0.6) is 0 Å². The third-order valence-electron chi connectivity index (χ3n) is 1.91. The Morgan fingerprint density at radius 3 is 2.77 bits per heavy atom. The second kappa shape index (κ2) is 2.82. The molecule has 1 aromatic heterocycles. The van der Waals surface area contributed by atoms with Crippen LogP contribution in [0.25, 0.3) is 11.3 Å². The molecule has 66 valence electrons. The number of nitrogen functional groups attached to an aromatic ring is 2. The van der Waals surface area contributed by atoms with Gasteiger partial charge in [-0.3, -0.25) is 0 Å². The maximum absolute atomic E-state index is 5.79. The fraction of sp³-hybridized carbons (Fsp3) is 0. The van der Waals surface area contributed by atoms with E-state index in [2.05, 4.69) is 9.97 Å². The standard InChI is InChI=1S/C9H10N4/c10-7-3-1-2-6(9(7)11)8-4-12-5-13-8/h1-5H,10-11H2,(H,12,13). The molecule has 1 heterocycles. The quantitative estimate of drug-likeness (QED) is 0.569. The van der Waals surface area contributed by atoms with Crippen molar-refractivity contribution in [2.45, 2.75) is 0 Å². The van der Waals surface area contributed by atoms with Crippen LogP contribution in [0.4, 0.5) is 11.4 Å². The number of rotatable bonds is 1. The fourth-order valence-electron chi connectivity index (χ4n) is 1.21. The van der Waals surface area contributed by atoms with Crippen molar-refractivity contribution in [3.63, 3.8) is 0 Å². The molecule has 2 rings (SSSR count). The van der Waals surface area contributed by atoms with Crippen LogP contribution >= 0.6 is 0 Å². The summed E-state index contributed by atoms with van der Waals surface area (Å²) in [4.78, 5) is 6.96. The maximum atomic E-state index is 5.79. The summed E-state index contributed by atoms with van der Waals surface area (Å²) in [6.45, 7) is 0. The monoisotopic (exact) mass is 174 g/mol. The van der Waals surface area contributed by atoms with Gasteiger partial charge >= 0.3 is 0 Å². The number of imidazole rings is 1. The molecule has 5 N–H and O–H groups in total. The minimum atomic E-state index is 0.578. The molecule has 0 aliphatic carbocycles. The summed E-state index contributed by atoms with van der Waals surface area (Å²) in [5.74, 6) is 0. The molecule has 0 unspecified atom stereocenters. The molecule has 4 heteroatoms. The lowest BCUT2D eigenvalue weighted by molar-refractivity contribution is 1.31. The third kappa shape index (κ3) is 1.22. The van der Waals surface area contributed by atoms with E-state index in [1.807, 2.05) is 12.1 Å². The highest BCUT2D eigenvalue weighted by Gasteiger charge is 2.05. The Balaban J connectivity index is 2.59. The van der Waals surface area contributed by atoms with Crippen molar-refractivity contribution in [3.05, 3.63) is 30.7 Å². The second-order valence-electron chi connectivity index (χ2n) is 2.76. The van der Waals surface area contributed by atoms with Crippen LogP contribution in [0.15, 0.2) is 30.7 Å². The Kier molecular flexibility index (Phi) is 1.66. The summed E-state index contributed by atoms with van der Waals surface area (Å²) in [7, 11) is 0. The van der Waals surface area contributed by atoms with E-state index in [4.69, 9.17) is 11.5 Å². The number of hydrogen-bond acceptors (Lipinski definition) is 3. The van der Waals surface area contributed by atoms with E-state index in [1.165, 1.54) is 0 Å². The molecule has 0 saturated heterocycles. The third-order valence-corrected chi connectivity index (χ3v) is 1.91. The molecule has 0 saturated carbocycles. The van der Waals surface area contributed by atoms with E-state index in [-0.39, 0.29) is 0 Å². The number of nitrogens with one attached hydrogen (secondary N) is 1. The predicted octanol–water partition coefficient (Wildman–Crippen LogP) is 1.24. The molecule has 0 radical (unpaired) electrons. The summed E-state index contributed by atoms with van der Waals surface area (Å²) >= 11 is 0. The molecule has 0 aliphatic heterocycles. The van der Waals surface area contributed by atoms with Crippen LogP contribution in [-0.2, 0) is 0 Å². The molecule has 0 aliphatic rings. The Labute approximate surface area is 75.6 Å². The molecular formula is C9H10N4. The van der Waals surface area contributed by atoms with Crippen molar-refractivity contribution < 1.29 is 0 Å². The zero-order valence-electron chi connectivity index (χ0n) is 6.99. The van der Waals surface area contributed by atoms with E-state index in [0.717, 1.165) is 11.3 Å². The lowest BCUT2D eigenvalue weighted by Gasteiger charge is -2.04. The topological polar surface area (TPSA) is 80.7 Å². The molecule has 0 fully saturated rings. The Bertz CT molecular complexity index is 406. The first kappa shape index (κ1) is 7.67. The average molecular weight is 174 g/mol. The van der Waals surface area contributed by atoms with Crippen LogP contribution in [0, 0.1) is 0 Å². The number of nitrogens with two attached hydrogens (primary N) is 2.